The summed E-state index contributed by atoms with van der Waals surface area (Å²) in [5, 5.41) is 6.26. The van der Waals surface area contributed by atoms with E-state index in [9.17, 15) is 4.79 Å². The molecular formula is C19H18ClN3OS. The summed E-state index contributed by atoms with van der Waals surface area (Å²) >= 11 is 7.81. The van der Waals surface area contributed by atoms with E-state index in [0.717, 1.165) is 52.4 Å². The van der Waals surface area contributed by atoms with Crippen molar-refractivity contribution < 1.29 is 4.79 Å². The number of nitrogens with zero attached hydrogens (tertiary/aromatic N) is 3. The predicted octanol–water partition coefficient (Wildman–Crippen LogP) is 4.84. The Hall–Kier alpha value is -2.11. The van der Waals surface area contributed by atoms with E-state index in [-0.39, 0.29) is 5.91 Å². The normalized spacial score (nSPS) is 15.1. The molecule has 128 valence electrons. The first-order valence-electron chi connectivity index (χ1n) is 8.24. The van der Waals surface area contributed by atoms with Gasteiger partial charge in [0.1, 0.15) is 4.83 Å². The highest BCUT2D eigenvalue weighted by Crippen LogP contribution is 2.33. The van der Waals surface area contributed by atoms with Crippen LogP contribution in [0.5, 0.6) is 0 Å². The molecule has 0 bridgehead atoms. The smallest absolute Gasteiger partial charge is 0.264 e. The van der Waals surface area contributed by atoms with Gasteiger partial charge in [0.15, 0.2) is 0 Å². The van der Waals surface area contributed by atoms with Gasteiger partial charge in [-0.15, -0.1) is 11.3 Å². The second-order valence-corrected chi connectivity index (χ2v) is 7.76. The zero-order valence-electron chi connectivity index (χ0n) is 14.0. The fourth-order valence-electron chi connectivity index (χ4n) is 3.12. The topological polar surface area (TPSA) is 38.1 Å². The molecule has 1 amide bonds. The quantitative estimate of drug-likeness (QED) is 0.604. The zero-order chi connectivity index (χ0) is 17.6. The summed E-state index contributed by atoms with van der Waals surface area (Å²) in [6.45, 7) is 7.48. The van der Waals surface area contributed by atoms with Crippen molar-refractivity contribution >= 4 is 39.1 Å². The summed E-state index contributed by atoms with van der Waals surface area (Å²) in [6, 6.07) is 9.57. The van der Waals surface area contributed by atoms with Crippen LogP contribution in [0.25, 0.3) is 15.9 Å². The van der Waals surface area contributed by atoms with Gasteiger partial charge in [-0.05, 0) is 38.0 Å². The maximum atomic E-state index is 12.9. The molecule has 1 fully saturated rings. The van der Waals surface area contributed by atoms with Crippen molar-refractivity contribution in [2.75, 3.05) is 13.1 Å². The van der Waals surface area contributed by atoms with Crippen LogP contribution in [0.15, 0.2) is 42.5 Å². The molecule has 6 heteroatoms. The minimum absolute atomic E-state index is 0.0961. The average molecular weight is 372 g/mol. The van der Waals surface area contributed by atoms with Gasteiger partial charge in [-0.25, -0.2) is 4.68 Å². The van der Waals surface area contributed by atoms with Gasteiger partial charge in [-0.3, -0.25) is 4.79 Å². The van der Waals surface area contributed by atoms with E-state index in [2.05, 4.69) is 11.7 Å². The van der Waals surface area contributed by atoms with Crippen LogP contribution in [-0.2, 0) is 0 Å². The first-order valence-corrected chi connectivity index (χ1v) is 9.44. The molecule has 3 aromatic rings. The second kappa shape index (κ2) is 6.32. The Morgan fingerprint density at radius 3 is 2.72 bits per heavy atom. The Balaban J connectivity index is 1.74. The Kier molecular flexibility index (Phi) is 4.13. The van der Waals surface area contributed by atoms with Gasteiger partial charge in [-0.2, -0.15) is 5.10 Å². The van der Waals surface area contributed by atoms with Gasteiger partial charge in [-0.1, -0.05) is 35.9 Å². The lowest BCUT2D eigenvalue weighted by Gasteiger charge is -2.27. The van der Waals surface area contributed by atoms with Crippen molar-refractivity contribution in [2.45, 2.75) is 19.8 Å². The number of carbonyl (C=O) groups excluding carboxylic acids is 1. The standard InChI is InChI=1S/C19H18ClN3OS/c1-12-7-9-22(10-8-12)18(24)17-11-14-13(2)21-23(19(14)25-17)16-6-4-3-5-15(16)20/h3-6,11H,1,7-10H2,2H3. The minimum atomic E-state index is 0.0961. The van der Waals surface area contributed by atoms with Crippen LogP contribution in [0.3, 0.4) is 0 Å². The molecule has 3 heterocycles. The molecule has 0 saturated carbocycles. The van der Waals surface area contributed by atoms with E-state index in [4.69, 9.17) is 11.6 Å². The van der Waals surface area contributed by atoms with Crippen LogP contribution in [0.4, 0.5) is 0 Å². The maximum Gasteiger partial charge on any atom is 0.264 e. The molecule has 1 saturated heterocycles. The van der Waals surface area contributed by atoms with Crippen molar-refractivity contribution in [1.29, 1.82) is 0 Å². The van der Waals surface area contributed by atoms with Crippen molar-refractivity contribution in [2.24, 2.45) is 0 Å². The molecule has 0 N–H and O–H groups in total. The van der Waals surface area contributed by atoms with E-state index < -0.39 is 0 Å². The highest BCUT2D eigenvalue weighted by Gasteiger charge is 2.23. The van der Waals surface area contributed by atoms with Gasteiger partial charge < -0.3 is 4.90 Å². The molecule has 0 aliphatic carbocycles. The third-order valence-corrected chi connectivity index (χ3v) is 6.01. The highest BCUT2D eigenvalue weighted by molar-refractivity contribution is 7.20. The molecule has 0 unspecified atom stereocenters. The predicted molar refractivity (Wildman–Crippen MR) is 103 cm³/mol. The molecule has 4 nitrogen and oxygen atoms in total. The number of hydrogen-bond acceptors (Lipinski definition) is 3. The second-order valence-electron chi connectivity index (χ2n) is 6.32. The first-order chi connectivity index (χ1) is 12.0. The van der Waals surface area contributed by atoms with E-state index in [1.807, 2.05) is 46.8 Å². The van der Waals surface area contributed by atoms with Crippen LogP contribution in [0.2, 0.25) is 5.02 Å². The number of carbonyl (C=O) groups is 1. The number of aromatic nitrogens is 2. The number of thiophene rings is 1. The van der Waals surface area contributed by atoms with Crippen LogP contribution >= 0.6 is 22.9 Å². The third kappa shape index (κ3) is 2.87. The number of halogens is 1. The Bertz CT molecular complexity index is 978. The van der Waals surface area contributed by atoms with Gasteiger partial charge in [0.2, 0.25) is 0 Å². The summed E-state index contributed by atoms with van der Waals surface area (Å²) < 4.78 is 1.84. The highest BCUT2D eigenvalue weighted by atomic mass is 35.5. The summed E-state index contributed by atoms with van der Waals surface area (Å²) in [5.74, 6) is 0.0961. The van der Waals surface area contributed by atoms with Crippen molar-refractivity contribution in [1.82, 2.24) is 14.7 Å². The van der Waals surface area contributed by atoms with Gasteiger partial charge in [0.05, 0.1) is 21.3 Å². The van der Waals surface area contributed by atoms with Crippen LogP contribution in [-0.4, -0.2) is 33.7 Å². The van der Waals surface area contributed by atoms with E-state index in [0.29, 0.717) is 5.02 Å². The fourth-order valence-corrected chi connectivity index (χ4v) is 4.48. The molecule has 0 atom stereocenters. The largest absolute Gasteiger partial charge is 0.337 e. The monoisotopic (exact) mass is 371 g/mol. The van der Waals surface area contributed by atoms with E-state index >= 15 is 0 Å². The molecule has 25 heavy (non-hydrogen) atoms. The molecule has 2 aromatic heterocycles. The lowest BCUT2D eigenvalue weighted by molar-refractivity contribution is 0.0749. The van der Waals surface area contributed by atoms with Crippen LogP contribution < -0.4 is 0 Å². The third-order valence-electron chi connectivity index (χ3n) is 4.59. The number of piperidine rings is 1. The van der Waals surface area contributed by atoms with Crippen molar-refractivity contribution in [3.8, 4) is 5.69 Å². The lowest BCUT2D eigenvalue weighted by Crippen LogP contribution is -2.35. The van der Waals surface area contributed by atoms with Gasteiger partial charge in [0.25, 0.3) is 5.91 Å². The van der Waals surface area contributed by atoms with Crippen LogP contribution in [0.1, 0.15) is 28.2 Å². The Labute approximate surface area is 155 Å². The van der Waals surface area contributed by atoms with E-state index in [1.165, 1.54) is 16.9 Å². The number of benzene rings is 1. The maximum absolute atomic E-state index is 12.9. The number of para-hydroxylation sites is 1. The number of fused-ring (bicyclic) bond motifs is 1. The number of hydrogen-bond donors (Lipinski definition) is 0. The first kappa shape index (κ1) is 16.4. The van der Waals surface area contributed by atoms with Crippen molar-refractivity contribution in [3.05, 3.63) is 58.1 Å². The molecule has 1 aromatic carbocycles. The van der Waals surface area contributed by atoms with Gasteiger partial charge in [0, 0.05) is 18.5 Å². The lowest BCUT2D eigenvalue weighted by atomic mass is 10.1. The van der Waals surface area contributed by atoms with Gasteiger partial charge >= 0.3 is 0 Å². The number of likely N-dealkylation sites (tertiary alicyclic amines) is 1. The molecule has 0 spiro atoms. The number of rotatable bonds is 2. The Morgan fingerprint density at radius 2 is 2.00 bits per heavy atom. The zero-order valence-corrected chi connectivity index (χ0v) is 15.5. The molecule has 4 rings (SSSR count). The number of aryl methyl sites for hydroxylation is 1. The molecule has 0 radical (unpaired) electrons. The minimum Gasteiger partial charge on any atom is -0.337 e. The van der Waals surface area contributed by atoms with Crippen LogP contribution in [0, 0.1) is 6.92 Å². The fraction of sp³-hybridized carbons (Fsp3) is 0.263. The Morgan fingerprint density at radius 1 is 1.28 bits per heavy atom. The summed E-state index contributed by atoms with van der Waals surface area (Å²) in [5.41, 5.74) is 2.96. The molecular weight excluding hydrogens is 354 g/mol. The average Bonchev–Trinajstić information content (AvgIpc) is 3.16. The van der Waals surface area contributed by atoms with Crippen molar-refractivity contribution in [3.63, 3.8) is 0 Å². The summed E-state index contributed by atoms with van der Waals surface area (Å²) in [6.07, 6.45) is 1.78. The SMILES string of the molecule is C=C1CCN(C(=O)c2cc3c(C)nn(-c4ccccc4Cl)c3s2)CC1. The summed E-state index contributed by atoms with van der Waals surface area (Å²) in [7, 11) is 0. The molecule has 1 aliphatic heterocycles. The number of amides is 1. The molecule has 1 aliphatic rings. The summed E-state index contributed by atoms with van der Waals surface area (Å²) in [4.78, 5) is 16.5. The van der Waals surface area contributed by atoms with E-state index in [1.54, 1.807) is 0 Å².